The van der Waals surface area contributed by atoms with Crippen LogP contribution in [0.15, 0.2) is 18.2 Å². The van der Waals surface area contributed by atoms with E-state index in [1.807, 2.05) is 4.72 Å². The lowest BCUT2D eigenvalue weighted by molar-refractivity contribution is -0.117. The van der Waals surface area contributed by atoms with Gasteiger partial charge in [0.15, 0.2) is 0 Å². The van der Waals surface area contributed by atoms with E-state index in [2.05, 4.69) is 10.6 Å². The van der Waals surface area contributed by atoms with Gasteiger partial charge in [0.05, 0.1) is 18.0 Å². The van der Waals surface area contributed by atoms with Crippen molar-refractivity contribution in [2.75, 3.05) is 23.3 Å². The third kappa shape index (κ3) is 4.84. The van der Waals surface area contributed by atoms with E-state index in [1.165, 1.54) is 12.1 Å². The number of hydrogen-bond acceptors (Lipinski definition) is 4. The van der Waals surface area contributed by atoms with Gasteiger partial charge in [0, 0.05) is 5.69 Å². The molecule has 106 valence electrons. The van der Waals surface area contributed by atoms with Crippen LogP contribution in [0.1, 0.15) is 6.92 Å². The van der Waals surface area contributed by atoms with Crippen LogP contribution in [0.25, 0.3) is 0 Å². The SMILES string of the molecule is CNC(C)C(=O)Nc1ccc(F)c(NS(C)(=O)=O)c1. The Labute approximate surface area is 111 Å². The fourth-order valence-electron chi connectivity index (χ4n) is 1.26. The number of sulfonamides is 1. The summed E-state index contributed by atoms with van der Waals surface area (Å²) in [5.74, 6) is -1.02. The first-order valence-electron chi connectivity index (χ1n) is 5.48. The lowest BCUT2D eigenvalue weighted by Crippen LogP contribution is -2.35. The standard InChI is InChI=1S/C11H16FN3O3S/c1-7(13-2)11(16)14-8-4-5-9(12)10(6-8)15-19(3,17)18/h4-7,13,15H,1-3H3,(H,14,16). The molecule has 0 aromatic heterocycles. The molecule has 0 heterocycles. The highest BCUT2D eigenvalue weighted by Crippen LogP contribution is 2.20. The van der Waals surface area contributed by atoms with E-state index in [0.29, 0.717) is 5.69 Å². The number of nitrogens with one attached hydrogen (secondary N) is 3. The Morgan fingerprint density at radius 3 is 2.53 bits per heavy atom. The predicted octanol–water partition coefficient (Wildman–Crippen LogP) is 0.744. The van der Waals surface area contributed by atoms with Crippen molar-refractivity contribution in [3.63, 3.8) is 0 Å². The Hall–Kier alpha value is -1.67. The van der Waals surface area contributed by atoms with Gasteiger partial charge in [-0.15, -0.1) is 0 Å². The van der Waals surface area contributed by atoms with E-state index in [1.54, 1.807) is 14.0 Å². The van der Waals surface area contributed by atoms with E-state index in [4.69, 9.17) is 0 Å². The Kier molecular flexibility index (Phi) is 4.84. The Balaban J connectivity index is 2.93. The maximum absolute atomic E-state index is 13.4. The van der Waals surface area contributed by atoms with E-state index in [9.17, 15) is 17.6 Å². The van der Waals surface area contributed by atoms with Crippen LogP contribution in [-0.4, -0.2) is 33.7 Å². The van der Waals surface area contributed by atoms with E-state index >= 15 is 0 Å². The van der Waals surface area contributed by atoms with Crippen LogP contribution in [0.4, 0.5) is 15.8 Å². The zero-order chi connectivity index (χ0) is 14.6. The third-order valence-electron chi connectivity index (χ3n) is 2.36. The number of hydrogen-bond donors (Lipinski definition) is 3. The van der Waals surface area contributed by atoms with Crippen LogP contribution in [0.3, 0.4) is 0 Å². The predicted molar refractivity (Wildman–Crippen MR) is 72.0 cm³/mol. The summed E-state index contributed by atoms with van der Waals surface area (Å²) in [6, 6.07) is 3.23. The number of anilines is 2. The van der Waals surface area contributed by atoms with Crippen molar-refractivity contribution in [3.8, 4) is 0 Å². The summed E-state index contributed by atoms with van der Waals surface area (Å²) in [6.07, 6.45) is 0.917. The molecule has 1 rings (SSSR count). The maximum atomic E-state index is 13.4. The van der Waals surface area contributed by atoms with E-state index in [-0.39, 0.29) is 11.6 Å². The van der Waals surface area contributed by atoms with Crippen LogP contribution < -0.4 is 15.4 Å². The molecule has 0 saturated heterocycles. The molecule has 0 radical (unpaired) electrons. The van der Waals surface area contributed by atoms with Gasteiger partial charge >= 0.3 is 0 Å². The molecule has 6 nitrogen and oxygen atoms in total. The van der Waals surface area contributed by atoms with Crippen molar-refractivity contribution in [1.29, 1.82) is 0 Å². The number of amides is 1. The third-order valence-corrected chi connectivity index (χ3v) is 2.95. The second-order valence-electron chi connectivity index (χ2n) is 4.07. The molecule has 0 saturated carbocycles. The summed E-state index contributed by atoms with van der Waals surface area (Å²) in [5, 5.41) is 5.29. The van der Waals surface area contributed by atoms with Gasteiger partial charge in [-0.2, -0.15) is 0 Å². The van der Waals surface area contributed by atoms with Crippen molar-refractivity contribution in [1.82, 2.24) is 5.32 Å². The molecule has 1 unspecified atom stereocenters. The normalized spacial score (nSPS) is 12.8. The molecular formula is C11H16FN3O3S. The van der Waals surface area contributed by atoms with Crippen LogP contribution >= 0.6 is 0 Å². The van der Waals surface area contributed by atoms with Crippen LogP contribution in [0.5, 0.6) is 0 Å². The lowest BCUT2D eigenvalue weighted by Gasteiger charge is -2.12. The molecule has 0 fully saturated rings. The van der Waals surface area contributed by atoms with Crippen LogP contribution in [-0.2, 0) is 14.8 Å². The minimum atomic E-state index is -3.58. The molecule has 0 aliphatic rings. The van der Waals surface area contributed by atoms with Crippen molar-refractivity contribution in [2.24, 2.45) is 0 Å². The fraction of sp³-hybridized carbons (Fsp3) is 0.364. The Bertz CT molecular complexity index is 575. The Morgan fingerprint density at radius 1 is 1.37 bits per heavy atom. The molecule has 0 bridgehead atoms. The summed E-state index contributed by atoms with van der Waals surface area (Å²) in [5.41, 5.74) is 0.0945. The first-order chi connectivity index (χ1) is 8.73. The molecule has 19 heavy (non-hydrogen) atoms. The minimum Gasteiger partial charge on any atom is -0.325 e. The maximum Gasteiger partial charge on any atom is 0.241 e. The van der Waals surface area contributed by atoms with Crippen molar-refractivity contribution >= 4 is 27.3 Å². The average molecular weight is 289 g/mol. The highest BCUT2D eigenvalue weighted by Gasteiger charge is 2.13. The van der Waals surface area contributed by atoms with Gasteiger partial charge in [-0.05, 0) is 32.2 Å². The number of carbonyl (C=O) groups is 1. The molecule has 0 aliphatic heterocycles. The number of halogens is 1. The highest BCUT2D eigenvalue weighted by atomic mass is 32.2. The lowest BCUT2D eigenvalue weighted by atomic mass is 10.2. The molecule has 1 atom stereocenters. The quantitative estimate of drug-likeness (QED) is 0.746. The van der Waals surface area contributed by atoms with Crippen molar-refractivity contribution < 1.29 is 17.6 Å². The number of likely N-dealkylation sites (N-methyl/N-ethyl adjacent to an activating group) is 1. The summed E-state index contributed by atoms with van der Waals surface area (Å²) in [4.78, 5) is 11.6. The minimum absolute atomic E-state index is 0.211. The largest absolute Gasteiger partial charge is 0.325 e. The molecular weight excluding hydrogens is 273 g/mol. The van der Waals surface area contributed by atoms with Gasteiger partial charge in [-0.3, -0.25) is 9.52 Å². The molecule has 1 aromatic carbocycles. The first-order valence-corrected chi connectivity index (χ1v) is 7.37. The molecule has 0 spiro atoms. The zero-order valence-electron chi connectivity index (χ0n) is 10.8. The second-order valence-corrected chi connectivity index (χ2v) is 5.82. The van der Waals surface area contributed by atoms with Gasteiger partial charge in [-0.25, -0.2) is 12.8 Å². The van der Waals surface area contributed by atoms with Crippen LogP contribution in [0, 0.1) is 5.82 Å². The van der Waals surface area contributed by atoms with Crippen molar-refractivity contribution in [2.45, 2.75) is 13.0 Å². The van der Waals surface area contributed by atoms with Gasteiger partial charge in [0.2, 0.25) is 15.9 Å². The number of rotatable bonds is 5. The number of carbonyl (C=O) groups excluding carboxylic acids is 1. The average Bonchev–Trinajstić information content (AvgIpc) is 2.30. The summed E-state index contributed by atoms with van der Waals surface area (Å²) in [6.45, 7) is 1.66. The summed E-state index contributed by atoms with van der Waals surface area (Å²) in [7, 11) is -1.95. The summed E-state index contributed by atoms with van der Waals surface area (Å²) < 4.78 is 37.6. The molecule has 3 N–H and O–H groups in total. The van der Waals surface area contributed by atoms with Gasteiger partial charge in [-0.1, -0.05) is 0 Å². The molecule has 1 amide bonds. The highest BCUT2D eigenvalue weighted by molar-refractivity contribution is 7.92. The van der Waals surface area contributed by atoms with Crippen molar-refractivity contribution in [3.05, 3.63) is 24.0 Å². The second kappa shape index (κ2) is 5.98. The topological polar surface area (TPSA) is 87.3 Å². The Morgan fingerprint density at radius 2 is 2.00 bits per heavy atom. The number of benzene rings is 1. The van der Waals surface area contributed by atoms with Gasteiger partial charge in [0.25, 0.3) is 0 Å². The van der Waals surface area contributed by atoms with Crippen LogP contribution in [0.2, 0.25) is 0 Å². The zero-order valence-corrected chi connectivity index (χ0v) is 11.6. The van der Waals surface area contributed by atoms with E-state index in [0.717, 1.165) is 12.3 Å². The van der Waals surface area contributed by atoms with Gasteiger partial charge < -0.3 is 10.6 Å². The molecule has 8 heteroatoms. The monoisotopic (exact) mass is 289 g/mol. The fourth-order valence-corrected chi connectivity index (χ4v) is 1.82. The van der Waals surface area contributed by atoms with Gasteiger partial charge in [0.1, 0.15) is 5.82 Å². The first kappa shape index (κ1) is 15.4. The summed E-state index contributed by atoms with van der Waals surface area (Å²) >= 11 is 0. The molecule has 0 aliphatic carbocycles. The smallest absolute Gasteiger partial charge is 0.241 e. The molecule has 1 aromatic rings. The van der Waals surface area contributed by atoms with E-state index < -0.39 is 21.9 Å².